The van der Waals surface area contributed by atoms with Gasteiger partial charge in [0.25, 0.3) is 15.9 Å². The summed E-state index contributed by atoms with van der Waals surface area (Å²) in [6, 6.07) is 5.50. The lowest BCUT2D eigenvalue weighted by molar-refractivity contribution is -0.133. The van der Waals surface area contributed by atoms with E-state index in [-0.39, 0.29) is 17.6 Å². The zero-order chi connectivity index (χ0) is 21.6. The average Bonchev–Trinajstić information content (AvgIpc) is 3.38. The van der Waals surface area contributed by atoms with Gasteiger partial charge in [-0.1, -0.05) is 12.8 Å². The number of benzene rings is 1. The Kier molecular flexibility index (Phi) is 5.45. The number of amides is 2. The Bertz CT molecular complexity index is 1040. The summed E-state index contributed by atoms with van der Waals surface area (Å²) in [5.41, 5.74) is 1.48. The van der Waals surface area contributed by atoms with Crippen molar-refractivity contribution in [2.24, 2.45) is 10.3 Å². The van der Waals surface area contributed by atoms with Gasteiger partial charge in [-0.2, -0.15) is 0 Å². The minimum Gasteiger partial charge on any atom is -0.339 e. The number of thioether (sulfide) groups is 1. The molecule has 1 aromatic rings. The molecule has 0 radical (unpaired) electrons. The highest BCUT2D eigenvalue weighted by atomic mass is 32.2. The first-order valence-corrected chi connectivity index (χ1v) is 13.3. The normalized spacial score (nSPS) is 22.8. The van der Waals surface area contributed by atoms with Gasteiger partial charge in [0.2, 0.25) is 5.91 Å². The third-order valence-corrected chi connectivity index (χ3v) is 8.88. The zero-order valence-electron chi connectivity index (χ0n) is 17.3. The molecule has 3 heterocycles. The van der Waals surface area contributed by atoms with Crippen LogP contribution in [0.1, 0.15) is 42.5 Å². The largest absolute Gasteiger partial charge is 0.339 e. The van der Waals surface area contributed by atoms with E-state index in [9.17, 15) is 18.0 Å². The number of piperazine rings is 1. The highest BCUT2D eigenvalue weighted by Gasteiger charge is 2.34. The lowest BCUT2D eigenvalue weighted by Gasteiger charge is -2.35. The predicted molar refractivity (Wildman–Crippen MR) is 120 cm³/mol. The maximum atomic E-state index is 13.0. The molecule has 0 N–H and O–H groups in total. The SMILES string of the molecule is O=C(CC1CCCC1)N1CCN(C(=O)c2ccc3c(c2)SC2=NS(=O)(=O)CCN23)CC1. The molecule has 2 fully saturated rings. The molecule has 10 heteroatoms. The van der Waals surface area contributed by atoms with Crippen LogP contribution in [0.3, 0.4) is 0 Å². The topological polar surface area (TPSA) is 90.4 Å². The molecule has 3 aliphatic heterocycles. The molecule has 31 heavy (non-hydrogen) atoms. The fraction of sp³-hybridized carbons (Fsp3) is 0.571. The van der Waals surface area contributed by atoms with Gasteiger partial charge in [-0.3, -0.25) is 9.59 Å². The summed E-state index contributed by atoms with van der Waals surface area (Å²) >= 11 is 1.29. The molecule has 2 amide bonds. The minimum absolute atomic E-state index is 0.000919. The van der Waals surface area contributed by atoms with E-state index in [1.54, 1.807) is 11.0 Å². The Balaban J connectivity index is 1.22. The molecule has 166 valence electrons. The third kappa shape index (κ3) is 4.19. The quantitative estimate of drug-likeness (QED) is 0.684. The third-order valence-electron chi connectivity index (χ3n) is 6.58. The van der Waals surface area contributed by atoms with Gasteiger partial charge in [0.1, 0.15) is 0 Å². The van der Waals surface area contributed by atoms with E-state index in [4.69, 9.17) is 0 Å². The van der Waals surface area contributed by atoms with E-state index in [1.165, 1.54) is 24.6 Å². The number of anilines is 1. The van der Waals surface area contributed by atoms with Crippen molar-refractivity contribution in [2.45, 2.75) is 37.0 Å². The van der Waals surface area contributed by atoms with Crippen LogP contribution in [0.4, 0.5) is 5.69 Å². The first kappa shape index (κ1) is 20.8. The molecule has 0 unspecified atom stereocenters. The number of carbonyl (C=O) groups excluding carboxylic acids is 2. The standard InChI is InChI=1S/C21H26N4O4S2/c26-19(13-15-3-1-2-4-15)23-7-9-24(10-8-23)20(27)16-5-6-17-18(14-16)30-21-22-31(28,29)12-11-25(17)21/h5-6,14-15H,1-4,7-13H2. The highest BCUT2D eigenvalue weighted by Crippen LogP contribution is 2.42. The van der Waals surface area contributed by atoms with Crippen LogP contribution in [0.15, 0.2) is 27.5 Å². The van der Waals surface area contributed by atoms with Gasteiger partial charge in [-0.25, -0.2) is 8.42 Å². The van der Waals surface area contributed by atoms with E-state index in [0.29, 0.717) is 55.8 Å². The van der Waals surface area contributed by atoms with Gasteiger partial charge in [0.05, 0.1) is 11.4 Å². The fourth-order valence-corrected chi connectivity index (χ4v) is 7.09. The highest BCUT2D eigenvalue weighted by molar-refractivity contribution is 8.15. The van der Waals surface area contributed by atoms with Crippen molar-refractivity contribution in [1.82, 2.24) is 9.80 Å². The second-order valence-corrected chi connectivity index (χ2v) is 11.4. The number of fused-ring (bicyclic) bond motifs is 3. The molecule has 0 bridgehead atoms. The summed E-state index contributed by atoms with van der Waals surface area (Å²) in [6.45, 7) is 2.62. The van der Waals surface area contributed by atoms with Crippen LogP contribution in [0.25, 0.3) is 0 Å². The molecule has 1 saturated carbocycles. The fourth-order valence-electron chi connectivity index (χ4n) is 4.80. The molecule has 1 saturated heterocycles. The smallest absolute Gasteiger partial charge is 0.257 e. The maximum Gasteiger partial charge on any atom is 0.257 e. The first-order valence-electron chi connectivity index (χ1n) is 10.9. The molecule has 1 aliphatic carbocycles. The second kappa shape index (κ2) is 8.12. The number of rotatable bonds is 3. The Morgan fingerprint density at radius 2 is 1.74 bits per heavy atom. The maximum absolute atomic E-state index is 13.0. The number of hydrogen-bond donors (Lipinski definition) is 0. The summed E-state index contributed by atoms with van der Waals surface area (Å²) in [5.74, 6) is 0.710. The number of hydrogen-bond acceptors (Lipinski definition) is 6. The Hall–Kier alpha value is -2.07. The molecule has 0 aromatic heterocycles. The van der Waals surface area contributed by atoms with Crippen LogP contribution < -0.4 is 4.90 Å². The van der Waals surface area contributed by atoms with Crippen molar-refractivity contribution >= 4 is 44.5 Å². The molecular formula is C21H26N4O4S2. The van der Waals surface area contributed by atoms with Crippen LogP contribution in [-0.2, 0) is 14.8 Å². The first-order chi connectivity index (χ1) is 14.9. The molecule has 0 spiro atoms. The summed E-state index contributed by atoms with van der Waals surface area (Å²) < 4.78 is 27.4. The van der Waals surface area contributed by atoms with Gasteiger partial charge in [0.15, 0.2) is 5.17 Å². The monoisotopic (exact) mass is 462 g/mol. The Morgan fingerprint density at radius 3 is 2.48 bits per heavy atom. The Morgan fingerprint density at radius 1 is 1.03 bits per heavy atom. The number of nitrogens with zero attached hydrogens (tertiary/aromatic N) is 4. The average molecular weight is 463 g/mol. The lowest BCUT2D eigenvalue weighted by Crippen LogP contribution is -2.50. The molecule has 1 aromatic carbocycles. The van der Waals surface area contributed by atoms with E-state index < -0.39 is 10.0 Å². The summed E-state index contributed by atoms with van der Waals surface area (Å²) in [7, 11) is -3.40. The van der Waals surface area contributed by atoms with Crippen molar-refractivity contribution < 1.29 is 18.0 Å². The second-order valence-electron chi connectivity index (χ2n) is 8.62. The zero-order valence-corrected chi connectivity index (χ0v) is 19.0. The van der Waals surface area contributed by atoms with Crippen molar-refractivity contribution in [1.29, 1.82) is 0 Å². The molecule has 0 atom stereocenters. The van der Waals surface area contributed by atoms with Crippen LogP contribution in [0, 0.1) is 5.92 Å². The summed E-state index contributed by atoms with van der Waals surface area (Å²) in [6.07, 6.45) is 5.44. The number of sulfonamides is 1. The van der Waals surface area contributed by atoms with Crippen LogP contribution in [-0.4, -0.2) is 73.7 Å². The van der Waals surface area contributed by atoms with Gasteiger partial charge in [-0.05, 0) is 48.7 Å². The Labute approximate surface area is 186 Å². The van der Waals surface area contributed by atoms with E-state index >= 15 is 0 Å². The molecule has 4 aliphatic rings. The van der Waals surface area contributed by atoms with Crippen molar-refractivity contribution in [3.63, 3.8) is 0 Å². The summed E-state index contributed by atoms with van der Waals surface area (Å²) in [5, 5.41) is 0.459. The van der Waals surface area contributed by atoms with Gasteiger partial charge in [0, 0.05) is 49.6 Å². The van der Waals surface area contributed by atoms with Gasteiger partial charge in [-0.15, -0.1) is 4.40 Å². The van der Waals surface area contributed by atoms with Gasteiger partial charge < -0.3 is 14.7 Å². The van der Waals surface area contributed by atoms with E-state index in [1.807, 2.05) is 21.9 Å². The number of carbonyl (C=O) groups is 2. The molecule has 8 nitrogen and oxygen atoms in total. The molecular weight excluding hydrogens is 436 g/mol. The van der Waals surface area contributed by atoms with Crippen LogP contribution >= 0.6 is 11.8 Å². The summed E-state index contributed by atoms with van der Waals surface area (Å²) in [4.78, 5) is 32.1. The van der Waals surface area contributed by atoms with E-state index in [2.05, 4.69) is 4.40 Å². The molecule has 5 rings (SSSR count). The predicted octanol–water partition coefficient (Wildman–Crippen LogP) is 2.16. The minimum atomic E-state index is -3.40. The van der Waals surface area contributed by atoms with Crippen molar-refractivity contribution in [3.8, 4) is 0 Å². The van der Waals surface area contributed by atoms with Crippen LogP contribution in [0.5, 0.6) is 0 Å². The van der Waals surface area contributed by atoms with Crippen molar-refractivity contribution in [3.05, 3.63) is 23.8 Å². The van der Waals surface area contributed by atoms with Crippen molar-refractivity contribution in [2.75, 3.05) is 43.4 Å². The lowest BCUT2D eigenvalue weighted by atomic mass is 10.0. The van der Waals surface area contributed by atoms with Crippen LogP contribution in [0.2, 0.25) is 0 Å². The van der Waals surface area contributed by atoms with Gasteiger partial charge >= 0.3 is 0 Å². The van der Waals surface area contributed by atoms with E-state index in [0.717, 1.165) is 23.4 Å². The number of amidine groups is 1.